The summed E-state index contributed by atoms with van der Waals surface area (Å²) in [5.41, 5.74) is 0. The Morgan fingerprint density at radius 2 is 1.50 bits per heavy atom. The Hall–Kier alpha value is -1.02. The Balaban J connectivity index is -0.0000000275. The number of rotatable bonds is 0. The molecular weight excluding hydrogens is 76.1 g/mol. The third kappa shape index (κ3) is 11.2. The molecule has 6 heavy (non-hydrogen) atoms. The van der Waals surface area contributed by atoms with Crippen molar-refractivity contribution in [2.75, 3.05) is 0 Å². The Bertz CT molecular complexity index is 48.3. The van der Waals surface area contributed by atoms with Crippen molar-refractivity contribution in [2.24, 2.45) is 0 Å². The quantitative estimate of drug-likeness (QED) is 0.444. The van der Waals surface area contributed by atoms with Gasteiger partial charge in [-0.1, -0.05) is 7.43 Å². The number of nitrogens with zero attached hydrogens (tertiary/aromatic N) is 2. The average Bonchev–Trinajstić information content (AvgIpc) is 1.46. The molecule has 0 spiro atoms. The first-order chi connectivity index (χ1) is 2.41. The zero-order valence-electron chi connectivity index (χ0n) is 2.97. The maximum absolute atomic E-state index is 7.32. The zero-order valence-corrected chi connectivity index (χ0v) is 2.97. The van der Waals surface area contributed by atoms with Crippen LogP contribution in [-0.4, -0.2) is 0 Å². The average molecular weight is 84.1 g/mol. The molecule has 0 aromatic rings. The van der Waals surface area contributed by atoms with Gasteiger partial charge in [0, 0.05) is 13.5 Å². The fraction of sp³-hybridized carbons (Fsp3) is 0.500. The van der Waals surface area contributed by atoms with E-state index in [-0.39, 0.29) is 7.43 Å². The van der Waals surface area contributed by atoms with Crippen molar-refractivity contribution in [3.8, 4) is 12.6 Å². The highest BCUT2D eigenvalue weighted by Gasteiger charge is 1.17. The lowest BCUT2D eigenvalue weighted by molar-refractivity contribution is 1.49. The lowest BCUT2D eigenvalue weighted by Crippen LogP contribution is -1.10. The molecule has 0 rings (SSSR count). The lowest BCUT2D eigenvalue weighted by atomic mass is 11.0. The van der Waals surface area contributed by atoms with Gasteiger partial charge in [-0.05, 0) is 0 Å². The molecule has 2 heteroatoms. The van der Waals surface area contributed by atoms with Gasteiger partial charge in [-0.25, -0.2) is 5.26 Å². The fourth-order valence-corrected chi connectivity index (χ4v) is 0. The summed E-state index contributed by atoms with van der Waals surface area (Å²) in [5.74, 6) is 0. The summed E-state index contributed by atoms with van der Waals surface area (Å²) in [6.07, 6.45) is 0. The van der Waals surface area contributed by atoms with Crippen molar-refractivity contribution in [3.05, 3.63) is 0 Å². The minimum Gasteiger partial charge on any atom is -0.202 e. The van der Waals surface area contributed by atoms with Crippen molar-refractivity contribution >= 4 is 0 Å². The Kier molecular flexibility index (Phi) is 296000. The summed E-state index contributed by atoms with van der Waals surface area (Å²) in [6, 6.07) is 1.75. The van der Waals surface area contributed by atoms with E-state index in [1.807, 2.05) is 0 Å². The predicted octanol–water partition coefficient (Wildman–Crippen LogP) is 1.31. The molecular formula is C4H8N2. The largest absolute Gasteiger partial charge is 0.202 e. The Morgan fingerprint density at radius 3 is 1.50 bits per heavy atom. The van der Waals surface area contributed by atoms with Crippen LogP contribution in [0.4, 0.5) is 0 Å². The van der Waals surface area contributed by atoms with Gasteiger partial charge in [0.25, 0.3) is 0 Å². The summed E-state index contributed by atoms with van der Waals surface area (Å²) in [5, 5.41) is 13.8. The molecule has 0 aromatic heterocycles. The summed E-state index contributed by atoms with van der Waals surface area (Å²) < 4.78 is 0. The van der Waals surface area contributed by atoms with Crippen LogP contribution in [0.3, 0.4) is 0 Å². The summed E-state index contributed by atoms with van der Waals surface area (Å²) >= 11 is 0. The number of nitriles is 2. The van der Waals surface area contributed by atoms with Crippen LogP contribution in [0.1, 0.15) is 14.4 Å². The van der Waals surface area contributed by atoms with Crippen molar-refractivity contribution in [1.29, 1.82) is 10.5 Å². The first-order valence-electron chi connectivity index (χ1n) is 0.982. The van der Waals surface area contributed by atoms with Crippen molar-refractivity contribution in [3.63, 3.8) is 0 Å². The Labute approximate surface area is 38.6 Å². The van der Waals surface area contributed by atoms with Crippen LogP contribution < -0.4 is 0 Å². The van der Waals surface area contributed by atoms with Gasteiger partial charge in [-0.15, -0.1) is 0 Å². The van der Waals surface area contributed by atoms with Crippen LogP contribution in [0.2, 0.25) is 0 Å². The van der Waals surface area contributed by atoms with E-state index in [1.54, 1.807) is 6.07 Å². The molecule has 0 saturated carbocycles. The first kappa shape index (κ1) is 20.1. The van der Waals surface area contributed by atoms with E-state index in [4.69, 9.17) is 10.5 Å². The molecule has 0 atom stereocenters. The highest BCUT2D eigenvalue weighted by atomic mass is 14.2. The van der Waals surface area contributed by atoms with E-state index < -0.39 is 0 Å². The van der Waals surface area contributed by atoms with Crippen LogP contribution in [0.5, 0.6) is 0 Å². The van der Waals surface area contributed by atoms with E-state index in [9.17, 15) is 0 Å². The maximum atomic E-state index is 7.32. The van der Waals surface area contributed by atoms with Gasteiger partial charge in [0.1, 0.15) is 0 Å². The SMILES string of the molecule is C.C#N.CC#N. The normalized spacial score (nSPS) is 1.67. The Morgan fingerprint density at radius 1 is 1.50 bits per heavy atom. The molecule has 2 nitrogen and oxygen atoms in total. The minimum atomic E-state index is 0. The molecule has 0 aromatic carbocycles. The monoisotopic (exact) mass is 84.1 g/mol. The first-order valence-corrected chi connectivity index (χ1v) is 0.982. The van der Waals surface area contributed by atoms with Crippen molar-refractivity contribution < 1.29 is 0 Å². The van der Waals surface area contributed by atoms with E-state index in [0.29, 0.717) is 0 Å². The molecule has 34 valence electrons. The van der Waals surface area contributed by atoms with Crippen molar-refractivity contribution in [2.45, 2.75) is 14.4 Å². The van der Waals surface area contributed by atoms with Gasteiger partial charge in [0.05, 0.1) is 6.07 Å². The standard InChI is InChI=1S/C2H3N.CHN.CH4/c1-2-3;1-2;/h1H3;1H;1H4. The van der Waals surface area contributed by atoms with Gasteiger partial charge in [0.2, 0.25) is 0 Å². The van der Waals surface area contributed by atoms with Crippen LogP contribution in [0.15, 0.2) is 0 Å². The summed E-state index contributed by atoms with van der Waals surface area (Å²) in [6.45, 7) is 4.93. The molecule has 0 heterocycles. The smallest absolute Gasteiger partial charge is 0.0587 e. The molecule has 0 aliphatic heterocycles. The number of hydrogen-bond donors (Lipinski definition) is 0. The van der Waals surface area contributed by atoms with E-state index in [2.05, 4.69) is 6.57 Å². The highest BCUT2D eigenvalue weighted by Crippen LogP contribution is 1.21. The molecule has 0 amide bonds. The molecule has 0 fully saturated rings. The molecule has 0 unspecified atom stereocenters. The minimum absolute atomic E-state index is 0. The predicted molar refractivity (Wildman–Crippen MR) is 24.7 cm³/mol. The molecule has 0 saturated heterocycles. The van der Waals surface area contributed by atoms with E-state index in [0.717, 1.165) is 0 Å². The third-order valence-corrected chi connectivity index (χ3v) is 0. The van der Waals surface area contributed by atoms with Gasteiger partial charge < -0.3 is 0 Å². The molecule has 0 N–H and O–H groups in total. The second kappa shape index (κ2) is 88400. The van der Waals surface area contributed by atoms with Gasteiger partial charge >= 0.3 is 0 Å². The second-order valence-corrected chi connectivity index (χ2v) is 0.224. The zero-order chi connectivity index (χ0) is 4.71. The highest BCUT2D eigenvalue weighted by molar-refractivity contribution is 4.51. The fourth-order valence-electron chi connectivity index (χ4n) is 0. The molecule has 0 aliphatic carbocycles. The van der Waals surface area contributed by atoms with E-state index >= 15 is 0 Å². The van der Waals surface area contributed by atoms with Crippen LogP contribution in [0.25, 0.3) is 0 Å². The molecule has 0 radical (unpaired) electrons. The van der Waals surface area contributed by atoms with Crippen molar-refractivity contribution in [1.82, 2.24) is 0 Å². The second-order valence-electron chi connectivity index (χ2n) is 0.224. The van der Waals surface area contributed by atoms with Crippen LogP contribution in [-0.2, 0) is 0 Å². The van der Waals surface area contributed by atoms with Gasteiger partial charge in [0.15, 0.2) is 0 Å². The summed E-state index contributed by atoms with van der Waals surface area (Å²) in [4.78, 5) is 0. The lowest BCUT2D eigenvalue weighted by Gasteiger charge is -1.15. The van der Waals surface area contributed by atoms with Crippen LogP contribution in [0, 0.1) is 23.2 Å². The maximum Gasteiger partial charge on any atom is 0.0587 e. The molecule has 0 aliphatic rings. The third-order valence-electron chi connectivity index (χ3n) is 0. The van der Waals surface area contributed by atoms with Crippen LogP contribution >= 0.6 is 0 Å². The van der Waals surface area contributed by atoms with Gasteiger partial charge in [-0.2, -0.15) is 5.26 Å². The number of hydrogen-bond acceptors (Lipinski definition) is 2. The van der Waals surface area contributed by atoms with E-state index in [1.165, 1.54) is 6.92 Å². The molecule has 0 bridgehead atoms. The van der Waals surface area contributed by atoms with Gasteiger partial charge in [-0.3, -0.25) is 0 Å². The summed E-state index contributed by atoms with van der Waals surface area (Å²) in [7, 11) is 0. The topological polar surface area (TPSA) is 47.6 Å².